The van der Waals surface area contributed by atoms with Crippen molar-refractivity contribution in [3.8, 4) is 5.75 Å². The van der Waals surface area contributed by atoms with Crippen LogP contribution in [0.15, 0.2) is 46.5 Å². The molecule has 0 aliphatic carbocycles. The number of aromatic nitrogens is 1. The summed E-state index contributed by atoms with van der Waals surface area (Å²) in [7, 11) is 0. The molecule has 1 unspecified atom stereocenters. The van der Waals surface area contributed by atoms with E-state index in [0.29, 0.717) is 17.9 Å². The zero-order valence-corrected chi connectivity index (χ0v) is 23.2. The molecule has 41 heavy (non-hydrogen) atoms. The minimum Gasteiger partial charge on any atom is -0.492 e. The summed E-state index contributed by atoms with van der Waals surface area (Å²) in [4.78, 5) is 41.3. The molecule has 1 aromatic heterocycles. The Balaban J connectivity index is 1.23. The van der Waals surface area contributed by atoms with E-state index in [1.807, 2.05) is 19.1 Å². The Hall–Kier alpha value is -4.39. The van der Waals surface area contributed by atoms with E-state index in [2.05, 4.69) is 44.8 Å². The van der Waals surface area contributed by atoms with Crippen LogP contribution in [0.1, 0.15) is 52.2 Å². The molecule has 8 N–H and O–H groups in total. The van der Waals surface area contributed by atoms with Gasteiger partial charge in [-0.3, -0.25) is 14.6 Å². The third-order valence-corrected chi connectivity index (χ3v) is 8.55. The minimum atomic E-state index is -1.25. The molecule has 0 bridgehead atoms. The van der Waals surface area contributed by atoms with E-state index < -0.39 is 29.9 Å². The number of guanidine groups is 2. The number of nitrogens with one attached hydrogen (secondary N) is 3. The van der Waals surface area contributed by atoms with Crippen LogP contribution in [0.4, 0.5) is 0 Å². The number of aryl methyl sites for hydroxylation is 1. The van der Waals surface area contributed by atoms with Gasteiger partial charge in [0.25, 0.3) is 11.8 Å². The monoisotopic (exact) mass is 561 g/mol. The molecular formula is C28H35N9O4. The Labute approximate surface area is 237 Å². The molecule has 6 rings (SSSR count). The highest BCUT2D eigenvalue weighted by atomic mass is 16.5. The predicted molar refractivity (Wildman–Crippen MR) is 152 cm³/mol. The summed E-state index contributed by atoms with van der Waals surface area (Å²) in [6, 6.07) is 6.99. The molecule has 5 heterocycles. The minimum absolute atomic E-state index is 0.0842. The van der Waals surface area contributed by atoms with Gasteiger partial charge in [0.05, 0.1) is 24.3 Å². The van der Waals surface area contributed by atoms with Gasteiger partial charge in [0.15, 0.2) is 17.6 Å². The van der Waals surface area contributed by atoms with Crippen LogP contribution in [0.2, 0.25) is 0 Å². The van der Waals surface area contributed by atoms with Crippen molar-refractivity contribution in [3.63, 3.8) is 0 Å². The van der Waals surface area contributed by atoms with Gasteiger partial charge in [0.2, 0.25) is 0 Å². The lowest BCUT2D eigenvalue weighted by atomic mass is 9.79. The molecule has 1 spiro atoms. The number of fused-ring (bicyclic) bond motifs is 1. The number of hydrogen-bond donors (Lipinski definition) is 6. The largest absolute Gasteiger partial charge is 0.492 e. The summed E-state index contributed by atoms with van der Waals surface area (Å²) in [6.45, 7) is 6.90. The Morgan fingerprint density at radius 1 is 1.22 bits per heavy atom. The number of amides is 2. The van der Waals surface area contributed by atoms with Crippen LogP contribution in [0.25, 0.3) is 0 Å². The van der Waals surface area contributed by atoms with Gasteiger partial charge in [-0.2, -0.15) is 0 Å². The Morgan fingerprint density at radius 2 is 2.02 bits per heavy atom. The maximum Gasteiger partial charge on any atom is 0.269 e. The molecule has 5 atom stereocenters. The quantitative estimate of drug-likeness (QED) is 0.275. The fourth-order valence-electron chi connectivity index (χ4n) is 6.35. The van der Waals surface area contributed by atoms with Crippen LogP contribution in [0, 0.1) is 6.92 Å². The molecule has 0 radical (unpaired) electrons. The van der Waals surface area contributed by atoms with Crippen LogP contribution in [0.3, 0.4) is 0 Å². The number of carbonyl (C=O) groups excluding carboxylic acids is 2. The number of aliphatic hydroxyl groups excluding tert-OH is 1. The van der Waals surface area contributed by atoms with Crippen molar-refractivity contribution in [3.05, 3.63) is 58.9 Å². The van der Waals surface area contributed by atoms with E-state index in [9.17, 15) is 14.7 Å². The predicted octanol–water partition coefficient (Wildman–Crippen LogP) is -0.665. The van der Waals surface area contributed by atoms with E-state index in [4.69, 9.17) is 16.2 Å². The highest BCUT2D eigenvalue weighted by Gasteiger charge is 2.65. The van der Waals surface area contributed by atoms with Crippen molar-refractivity contribution in [2.75, 3.05) is 19.7 Å². The molecular weight excluding hydrogens is 526 g/mol. The number of ether oxygens (including phenoxy) is 1. The molecule has 1 aromatic carbocycles. The second-order valence-corrected chi connectivity index (χ2v) is 11.7. The van der Waals surface area contributed by atoms with Crippen molar-refractivity contribution >= 4 is 23.7 Å². The van der Waals surface area contributed by atoms with E-state index in [-0.39, 0.29) is 47.9 Å². The van der Waals surface area contributed by atoms with Gasteiger partial charge in [-0.05, 0) is 42.5 Å². The number of aliphatic hydroxyl groups is 1. The molecule has 1 saturated heterocycles. The summed E-state index contributed by atoms with van der Waals surface area (Å²) in [5.74, 6) is 0.0859. The van der Waals surface area contributed by atoms with E-state index in [1.165, 1.54) is 0 Å². The molecule has 216 valence electrons. The number of aliphatic imine (C=N–C) groups is 2. The maximum atomic E-state index is 13.6. The standard InChI is InChI=1S/C28H35N9O4/c1-14-7-9-31-17(11-14)24(40)32-12-18-21-28(36-25(29)35-21)22(38)19(13-37(28)26(30)34-18)33-23(39)15-5-4-6-16-20(15)41-10-8-27(16,2)3/h4-7,9,11,18-19,21-22,38H,8,10,12-13H2,1-3H3,(H2,30,34)(H,32,40)(H,33,39)(H3,29,35,36)/t18-,19?,21-,22+,28-/m0/s1. The number of benzene rings is 1. The molecule has 1 fully saturated rings. The van der Waals surface area contributed by atoms with Gasteiger partial charge in [0.1, 0.15) is 23.6 Å². The first-order valence-corrected chi connectivity index (χ1v) is 13.7. The van der Waals surface area contributed by atoms with Crippen LogP contribution in [-0.4, -0.2) is 88.3 Å². The third-order valence-electron chi connectivity index (χ3n) is 8.55. The lowest BCUT2D eigenvalue weighted by molar-refractivity contribution is 0.0143. The molecule has 0 saturated carbocycles. The zero-order chi connectivity index (χ0) is 29.1. The maximum absolute atomic E-state index is 13.6. The van der Waals surface area contributed by atoms with Gasteiger partial charge in [-0.25, -0.2) is 9.98 Å². The number of carbonyl (C=O) groups is 2. The molecule has 2 aromatic rings. The molecule has 4 aliphatic heterocycles. The van der Waals surface area contributed by atoms with Crippen LogP contribution in [-0.2, 0) is 5.41 Å². The number of nitrogens with two attached hydrogens (primary N) is 2. The summed E-state index contributed by atoms with van der Waals surface area (Å²) >= 11 is 0. The average molecular weight is 562 g/mol. The Kier molecular flexibility index (Phi) is 6.29. The average Bonchev–Trinajstić information content (AvgIpc) is 3.43. The Morgan fingerprint density at radius 3 is 2.80 bits per heavy atom. The zero-order valence-electron chi connectivity index (χ0n) is 23.2. The van der Waals surface area contributed by atoms with Crippen LogP contribution in [0.5, 0.6) is 5.75 Å². The number of hydrogen-bond acceptors (Lipinski definition) is 11. The molecule has 13 nitrogen and oxygen atoms in total. The number of pyridine rings is 1. The SMILES string of the molecule is Cc1ccnc(C(=O)NC[C@@H]2N=C(N)N3CC(NC(=O)c4cccc5c4OCCC5(C)C)[C@@H](O)[C@@]34NC(N)=N[C@@H]24)c1. The number of nitrogens with zero attached hydrogens (tertiary/aromatic N) is 4. The first-order valence-electron chi connectivity index (χ1n) is 13.7. The fourth-order valence-corrected chi connectivity index (χ4v) is 6.35. The topological polar surface area (TPSA) is 193 Å². The lowest BCUT2D eigenvalue weighted by Gasteiger charge is -2.46. The fraction of sp³-hybridized carbons (Fsp3) is 0.464. The van der Waals surface area contributed by atoms with Gasteiger partial charge < -0.3 is 42.2 Å². The highest BCUT2D eigenvalue weighted by molar-refractivity contribution is 5.98. The third kappa shape index (κ3) is 4.31. The molecule has 4 aliphatic rings. The van der Waals surface area contributed by atoms with Crippen molar-refractivity contribution in [2.45, 2.75) is 62.5 Å². The second-order valence-electron chi connectivity index (χ2n) is 11.7. The number of para-hydroxylation sites is 1. The summed E-state index contributed by atoms with van der Waals surface area (Å²) in [5.41, 5.74) is 13.7. The first kappa shape index (κ1) is 26.8. The van der Waals surface area contributed by atoms with Crippen molar-refractivity contribution in [1.29, 1.82) is 0 Å². The van der Waals surface area contributed by atoms with Crippen molar-refractivity contribution in [1.82, 2.24) is 25.8 Å². The first-order chi connectivity index (χ1) is 19.5. The summed E-state index contributed by atoms with van der Waals surface area (Å²) in [6.07, 6.45) is 1.25. The smallest absolute Gasteiger partial charge is 0.269 e. The second kappa shape index (κ2) is 9.61. The normalized spacial score (nSPS) is 29.1. The van der Waals surface area contributed by atoms with E-state index >= 15 is 0 Å². The Bertz CT molecular complexity index is 1470. The van der Waals surface area contributed by atoms with Crippen LogP contribution >= 0.6 is 0 Å². The van der Waals surface area contributed by atoms with Crippen LogP contribution < -0.4 is 32.2 Å². The van der Waals surface area contributed by atoms with Gasteiger partial charge >= 0.3 is 0 Å². The van der Waals surface area contributed by atoms with Crippen molar-refractivity contribution in [2.24, 2.45) is 21.5 Å². The van der Waals surface area contributed by atoms with E-state index in [0.717, 1.165) is 17.5 Å². The van der Waals surface area contributed by atoms with Gasteiger partial charge in [-0.1, -0.05) is 26.0 Å². The highest BCUT2D eigenvalue weighted by Crippen LogP contribution is 2.42. The van der Waals surface area contributed by atoms with Gasteiger partial charge in [-0.15, -0.1) is 0 Å². The molecule has 13 heteroatoms. The lowest BCUT2D eigenvalue weighted by Crippen LogP contribution is -2.73. The number of rotatable bonds is 5. The van der Waals surface area contributed by atoms with Crippen molar-refractivity contribution < 1.29 is 19.4 Å². The molecule has 2 amide bonds. The van der Waals surface area contributed by atoms with E-state index in [1.54, 1.807) is 29.3 Å². The van der Waals surface area contributed by atoms with Gasteiger partial charge in [0, 0.05) is 24.8 Å². The summed E-state index contributed by atoms with van der Waals surface area (Å²) in [5, 5.41) is 20.7. The summed E-state index contributed by atoms with van der Waals surface area (Å²) < 4.78 is 5.94.